The molecule has 0 N–H and O–H groups in total. The molecule has 3 aromatic carbocycles. The first-order chi connectivity index (χ1) is 13.5. The molecule has 3 rings (SSSR count). The topological polar surface area (TPSA) is 52.6 Å². The predicted octanol–water partition coefficient (Wildman–Crippen LogP) is 4.90. The zero-order chi connectivity index (χ0) is 20.4. The number of carbonyl (C=O) groups excluding carboxylic acids is 2. The Morgan fingerprint density at radius 3 is 1.39 bits per heavy atom. The van der Waals surface area contributed by atoms with Gasteiger partial charge in [0.05, 0.1) is 0 Å². The lowest BCUT2D eigenvalue weighted by Crippen LogP contribution is -2.39. The maximum Gasteiger partial charge on any atom is 0.260 e. The maximum atomic E-state index is 12.7. The summed E-state index contributed by atoms with van der Waals surface area (Å²) in [5, 5.41) is 0. The lowest BCUT2D eigenvalue weighted by molar-refractivity contribution is -0.176. The van der Waals surface area contributed by atoms with Gasteiger partial charge in [0, 0.05) is 30.9 Å². The summed E-state index contributed by atoms with van der Waals surface area (Å²) in [7, 11) is 2.94. The van der Waals surface area contributed by atoms with E-state index >= 15 is 0 Å². The van der Waals surface area contributed by atoms with E-state index in [0.29, 0.717) is 11.1 Å². The molecule has 0 amide bonds. The van der Waals surface area contributed by atoms with Crippen LogP contribution < -0.4 is 0 Å². The number of benzene rings is 3. The third kappa shape index (κ3) is 5.00. The summed E-state index contributed by atoms with van der Waals surface area (Å²) < 4.78 is 10.8. The van der Waals surface area contributed by atoms with Crippen molar-refractivity contribution in [3.63, 3.8) is 0 Å². The highest BCUT2D eigenvalue weighted by Crippen LogP contribution is 2.30. The van der Waals surface area contributed by atoms with Crippen molar-refractivity contribution in [1.82, 2.24) is 0 Å². The van der Waals surface area contributed by atoms with Crippen LogP contribution in [0.3, 0.4) is 0 Å². The first-order valence-corrected chi connectivity index (χ1v) is 8.87. The maximum absolute atomic E-state index is 12.7. The molecule has 28 heavy (non-hydrogen) atoms. The lowest BCUT2D eigenvalue weighted by Gasteiger charge is -2.29. The Hall–Kier alpha value is -3.08. The minimum Gasteiger partial charge on any atom is -0.343 e. The quantitative estimate of drug-likeness (QED) is 0.453. The zero-order valence-electron chi connectivity index (χ0n) is 16.3. The second kappa shape index (κ2) is 10.3. The molecule has 3 aromatic rings. The number of Topliss-reactive ketones (excluding diaryl/α,β-unsaturated/α-hetero) is 2. The van der Waals surface area contributed by atoms with Crippen LogP contribution in [0.5, 0.6) is 0 Å². The van der Waals surface area contributed by atoms with Crippen molar-refractivity contribution in [3.05, 3.63) is 108 Å². The van der Waals surface area contributed by atoms with E-state index in [2.05, 4.69) is 0 Å². The van der Waals surface area contributed by atoms with Gasteiger partial charge in [-0.25, -0.2) is 0 Å². The highest BCUT2D eigenvalue weighted by atomic mass is 16.7. The summed E-state index contributed by atoms with van der Waals surface area (Å²) in [6, 6.07) is 27.4. The minimum absolute atomic E-state index is 0.121. The van der Waals surface area contributed by atoms with Crippen LogP contribution in [0.4, 0.5) is 0 Å². The summed E-state index contributed by atoms with van der Waals surface area (Å²) in [5.41, 5.74) is 2.00. The fourth-order valence-corrected chi connectivity index (χ4v) is 2.75. The zero-order valence-corrected chi connectivity index (χ0v) is 16.3. The molecule has 0 aliphatic heterocycles. The van der Waals surface area contributed by atoms with Crippen molar-refractivity contribution in [2.45, 2.75) is 12.7 Å². The second-order valence-electron chi connectivity index (χ2n) is 6.01. The van der Waals surface area contributed by atoms with Crippen molar-refractivity contribution in [3.8, 4) is 0 Å². The average molecular weight is 376 g/mol. The Labute approximate surface area is 165 Å². The van der Waals surface area contributed by atoms with Crippen LogP contribution in [0.2, 0.25) is 0 Å². The smallest absolute Gasteiger partial charge is 0.260 e. The van der Waals surface area contributed by atoms with Gasteiger partial charge in [-0.05, 0) is 6.92 Å². The molecule has 144 valence electrons. The van der Waals surface area contributed by atoms with Crippen molar-refractivity contribution < 1.29 is 19.1 Å². The molecule has 0 saturated carbocycles. The monoisotopic (exact) mass is 376 g/mol. The molecule has 4 heteroatoms. The van der Waals surface area contributed by atoms with E-state index in [1.54, 1.807) is 19.1 Å². The standard InChI is InChI=1S/C16H16O3.C8H8O/c1-18-16(19-2,14-11-7-4-8-12-14)15(17)13-9-5-3-6-10-13;1-7(9)8-5-3-2-4-6-8/h3-12H,1-2H3;2-6H,1H3. The number of rotatable bonds is 6. The molecule has 0 atom stereocenters. The fraction of sp³-hybridized carbons (Fsp3) is 0.167. The Morgan fingerprint density at radius 1 is 0.643 bits per heavy atom. The number of methoxy groups -OCH3 is 2. The second-order valence-corrected chi connectivity index (χ2v) is 6.01. The summed E-state index contributed by atoms with van der Waals surface area (Å²) in [6.45, 7) is 1.56. The van der Waals surface area contributed by atoms with E-state index in [-0.39, 0.29) is 11.6 Å². The van der Waals surface area contributed by atoms with E-state index in [4.69, 9.17) is 9.47 Å². The molecule has 0 fully saturated rings. The van der Waals surface area contributed by atoms with Gasteiger partial charge < -0.3 is 9.47 Å². The van der Waals surface area contributed by atoms with Crippen molar-refractivity contribution in [2.75, 3.05) is 14.2 Å². The van der Waals surface area contributed by atoms with Gasteiger partial charge in [0.15, 0.2) is 5.78 Å². The Balaban J connectivity index is 0.000000261. The molecule has 0 aromatic heterocycles. The number of carbonyl (C=O) groups is 2. The third-order valence-electron chi connectivity index (χ3n) is 4.24. The Bertz CT molecular complexity index is 870. The van der Waals surface area contributed by atoms with Gasteiger partial charge in [0.2, 0.25) is 5.78 Å². The molecular weight excluding hydrogens is 352 g/mol. The van der Waals surface area contributed by atoms with Gasteiger partial charge in [-0.2, -0.15) is 0 Å². The number of hydrogen-bond acceptors (Lipinski definition) is 4. The molecule has 0 spiro atoms. The first kappa shape index (κ1) is 21.2. The van der Waals surface area contributed by atoms with E-state index in [9.17, 15) is 9.59 Å². The summed E-state index contributed by atoms with van der Waals surface area (Å²) in [5.74, 6) is -1.50. The minimum atomic E-state index is -1.40. The first-order valence-electron chi connectivity index (χ1n) is 8.87. The van der Waals surface area contributed by atoms with Crippen molar-refractivity contribution in [1.29, 1.82) is 0 Å². The van der Waals surface area contributed by atoms with E-state index in [0.717, 1.165) is 5.56 Å². The molecule has 0 unspecified atom stereocenters. The van der Waals surface area contributed by atoms with Gasteiger partial charge >= 0.3 is 0 Å². The Morgan fingerprint density at radius 2 is 1.04 bits per heavy atom. The van der Waals surface area contributed by atoms with Crippen LogP contribution in [-0.4, -0.2) is 25.8 Å². The summed E-state index contributed by atoms with van der Waals surface area (Å²) in [4.78, 5) is 23.3. The molecule has 0 radical (unpaired) electrons. The number of ketones is 2. The fourth-order valence-electron chi connectivity index (χ4n) is 2.75. The van der Waals surface area contributed by atoms with Crippen molar-refractivity contribution in [2.24, 2.45) is 0 Å². The molecule has 0 heterocycles. The highest BCUT2D eigenvalue weighted by molar-refractivity contribution is 6.02. The SMILES string of the molecule is CC(=O)c1ccccc1.COC(OC)(C(=O)c1ccccc1)c1ccccc1. The predicted molar refractivity (Wildman–Crippen MR) is 109 cm³/mol. The van der Waals surface area contributed by atoms with Crippen molar-refractivity contribution >= 4 is 11.6 Å². The molecule has 0 bridgehead atoms. The van der Waals surface area contributed by atoms with Crippen LogP contribution >= 0.6 is 0 Å². The van der Waals surface area contributed by atoms with E-state index in [1.807, 2.05) is 78.9 Å². The van der Waals surface area contributed by atoms with Gasteiger partial charge in [0.1, 0.15) is 0 Å². The largest absolute Gasteiger partial charge is 0.343 e. The third-order valence-corrected chi connectivity index (χ3v) is 4.24. The Kier molecular flexibility index (Phi) is 7.81. The molecule has 0 saturated heterocycles. The van der Waals surface area contributed by atoms with Gasteiger partial charge in [0.25, 0.3) is 5.79 Å². The molecule has 0 aliphatic carbocycles. The summed E-state index contributed by atoms with van der Waals surface area (Å²) >= 11 is 0. The van der Waals surface area contributed by atoms with Crippen LogP contribution in [-0.2, 0) is 15.3 Å². The van der Waals surface area contributed by atoms with Gasteiger partial charge in [-0.1, -0.05) is 91.0 Å². The van der Waals surface area contributed by atoms with Crippen LogP contribution in [0.25, 0.3) is 0 Å². The van der Waals surface area contributed by atoms with Gasteiger partial charge in [-0.3, -0.25) is 9.59 Å². The van der Waals surface area contributed by atoms with Crippen LogP contribution in [0, 0.1) is 0 Å². The van der Waals surface area contributed by atoms with E-state index < -0.39 is 5.79 Å². The molecule has 0 aliphatic rings. The van der Waals surface area contributed by atoms with Crippen LogP contribution in [0.1, 0.15) is 33.2 Å². The van der Waals surface area contributed by atoms with E-state index in [1.165, 1.54) is 14.2 Å². The summed E-state index contributed by atoms with van der Waals surface area (Å²) in [6.07, 6.45) is 0. The highest BCUT2D eigenvalue weighted by Gasteiger charge is 2.41. The van der Waals surface area contributed by atoms with Gasteiger partial charge in [-0.15, -0.1) is 0 Å². The normalized spacial score (nSPS) is 10.5. The molecule has 4 nitrogen and oxygen atoms in total. The number of ether oxygens (including phenoxy) is 2. The average Bonchev–Trinajstić information content (AvgIpc) is 2.77. The van der Waals surface area contributed by atoms with Crippen LogP contribution in [0.15, 0.2) is 91.0 Å². The lowest BCUT2D eigenvalue weighted by atomic mass is 9.96. The number of hydrogen-bond donors (Lipinski definition) is 0. The molecular formula is C24H24O4.